The number of nitrogens with zero attached hydrogens (tertiary/aromatic N) is 1. The second kappa shape index (κ2) is 6.42. The van der Waals surface area contributed by atoms with Crippen molar-refractivity contribution in [2.75, 3.05) is 13.7 Å². The van der Waals surface area contributed by atoms with Crippen LogP contribution in [0.3, 0.4) is 0 Å². The average Bonchev–Trinajstić information content (AvgIpc) is 2.30. The van der Waals surface area contributed by atoms with E-state index < -0.39 is 0 Å². The molecular weight excluding hydrogens is 206 g/mol. The summed E-state index contributed by atoms with van der Waals surface area (Å²) in [4.78, 5) is 4.25. The Morgan fingerprint density at radius 1 is 1.50 bits per heavy atom. The van der Waals surface area contributed by atoms with Crippen molar-refractivity contribution in [1.82, 2.24) is 10.4 Å². The lowest BCUT2D eigenvalue weighted by atomic mass is 10.2. The molecule has 5 nitrogen and oxygen atoms in total. The second-order valence-corrected chi connectivity index (χ2v) is 3.69. The fourth-order valence-corrected chi connectivity index (χ4v) is 1.33. The molecule has 0 radical (unpaired) electrons. The summed E-state index contributed by atoms with van der Waals surface area (Å²) in [6, 6.07) is 3.50. The number of pyridine rings is 1. The zero-order chi connectivity index (χ0) is 12.0. The maximum absolute atomic E-state index is 5.51. The SMILES string of the molecule is COc1cccnc1C(COC(C)C)NN. The maximum atomic E-state index is 5.51. The number of hydrazine groups is 1. The third kappa shape index (κ3) is 3.44. The Morgan fingerprint density at radius 2 is 2.25 bits per heavy atom. The summed E-state index contributed by atoms with van der Waals surface area (Å²) in [7, 11) is 1.61. The Hall–Kier alpha value is -1.17. The van der Waals surface area contributed by atoms with Gasteiger partial charge in [0.1, 0.15) is 11.4 Å². The number of hydrogen-bond donors (Lipinski definition) is 2. The van der Waals surface area contributed by atoms with E-state index in [9.17, 15) is 0 Å². The van der Waals surface area contributed by atoms with E-state index in [1.165, 1.54) is 0 Å². The Kier molecular flexibility index (Phi) is 5.18. The van der Waals surface area contributed by atoms with E-state index in [-0.39, 0.29) is 12.1 Å². The van der Waals surface area contributed by atoms with Crippen LogP contribution in [-0.4, -0.2) is 24.8 Å². The molecule has 1 aromatic heterocycles. The van der Waals surface area contributed by atoms with Crippen molar-refractivity contribution in [1.29, 1.82) is 0 Å². The lowest BCUT2D eigenvalue weighted by Crippen LogP contribution is -2.33. The Balaban J connectivity index is 2.77. The van der Waals surface area contributed by atoms with Crippen LogP contribution in [0.2, 0.25) is 0 Å². The Labute approximate surface area is 95.9 Å². The van der Waals surface area contributed by atoms with Gasteiger partial charge >= 0.3 is 0 Å². The molecule has 0 aromatic carbocycles. The maximum Gasteiger partial charge on any atom is 0.142 e. The summed E-state index contributed by atoms with van der Waals surface area (Å²) in [5, 5.41) is 0. The van der Waals surface area contributed by atoms with Crippen molar-refractivity contribution >= 4 is 0 Å². The lowest BCUT2D eigenvalue weighted by Gasteiger charge is -2.19. The molecule has 5 heteroatoms. The molecule has 0 aliphatic carbocycles. The summed E-state index contributed by atoms with van der Waals surface area (Å²) >= 11 is 0. The van der Waals surface area contributed by atoms with E-state index >= 15 is 0 Å². The monoisotopic (exact) mass is 225 g/mol. The minimum absolute atomic E-state index is 0.158. The van der Waals surface area contributed by atoms with Gasteiger partial charge in [0.05, 0.1) is 25.9 Å². The summed E-state index contributed by atoms with van der Waals surface area (Å²) in [5.41, 5.74) is 3.44. The topological polar surface area (TPSA) is 69.4 Å². The number of aromatic nitrogens is 1. The molecule has 16 heavy (non-hydrogen) atoms. The van der Waals surface area contributed by atoms with Crippen molar-refractivity contribution < 1.29 is 9.47 Å². The molecule has 3 N–H and O–H groups in total. The first kappa shape index (κ1) is 12.9. The summed E-state index contributed by atoms with van der Waals surface area (Å²) in [6.45, 7) is 4.41. The molecule has 0 aliphatic heterocycles. The normalized spacial score (nSPS) is 12.8. The molecule has 1 unspecified atom stereocenters. The average molecular weight is 225 g/mol. The second-order valence-electron chi connectivity index (χ2n) is 3.69. The highest BCUT2D eigenvalue weighted by atomic mass is 16.5. The van der Waals surface area contributed by atoms with Crippen molar-refractivity contribution in [3.05, 3.63) is 24.0 Å². The van der Waals surface area contributed by atoms with Crippen LogP contribution in [0.15, 0.2) is 18.3 Å². The minimum atomic E-state index is -0.168. The summed E-state index contributed by atoms with van der Waals surface area (Å²) in [5.74, 6) is 6.20. The molecule has 1 heterocycles. The minimum Gasteiger partial charge on any atom is -0.495 e. The zero-order valence-corrected chi connectivity index (χ0v) is 9.93. The fraction of sp³-hybridized carbons (Fsp3) is 0.545. The molecule has 0 aliphatic rings. The number of methoxy groups -OCH3 is 1. The van der Waals surface area contributed by atoms with Gasteiger partial charge in [-0.05, 0) is 26.0 Å². The van der Waals surface area contributed by atoms with Crippen LogP contribution >= 0.6 is 0 Å². The van der Waals surface area contributed by atoms with Gasteiger partial charge in [-0.25, -0.2) is 5.43 Å². The van der Waals surface area contributed by atoms with Crippen LogP contribution in [0.25, 0.3) is 0 Å². The third-order valence-electron chi connectivity index (χ3n) is 2.15. The zero-order valence-electron chi connectivity index (χ0n) is 9.93. The number of nitrogens with two attached hydrogens (primary N) is 1. The highest BCUT2D eigenvalue weighted by molar-refractivity contribution is 5.29. The van der Waals surface area contributed by atoms with E-state index in [0.29, 0.717) is 12.4 Å². The number of rotatable bonds is 6. The first-order valence-electron chi connectivity index (χ1n) is 5.25. The van der Waals surface area contributed by atoms with Crippen LogP contribution in [0.1, 0.15) is 25.6 Å². The molecular formula is C11H19N3O2. The van der Waals surface area contributed by atoms with Gasteiger partial charge in [-0.15, -0.1) is 0 Å². The predicted octanol–water partition coefficient (Wildman–Crippen LogP) is 1.02. The van der Waals surface area contributed by atoms with Gasteiger partial charge in [-0.1, -0.05) is 0 Å². The van der Waals surface area contributed by atoms with Crippen molar-refractivity contribution in [2.45, 2.75) is 26.0 Å². The first-order chi connectivity index (χ1) is 7.69. The largest absolute Gasteiger partial charge is 0.495 e. The number of ether oxygens (including phenoxy) is 2. The lowest BCUT2D eigenvalue weighted by molar-refractivity contribution is 0.0598. The third-order valence-corrected chi connectivity index (χ3v) is 2.15. The van der Waals surface area contributed by atoms with Gasteiger partial charge in [0.2, 0.25) is 0 Å². The van der Waals surface area contributed by atoms with Gasteiger partial charge in [0.15, 0.2) is 0 Å². The van der Waals surface area contributed by atoms with Crippen LogP contribution in [0, 0.1) is 0 Å². The van der Waals surface area contributed by atoms with E-state index in [2.05, 4.69) is 10.4 Å². The van der Waals surface area contributed by atoms with E-state index in [1.807, 2.05) is 26.0 Å². The van der Waals surface area contributed by atoms with Crippen LogP contribution < -0.4 is 16.0 Å². The quantitative estimate of drug-likeness (QED) is 0.559. The van der Waals surface area contributed by atoms with Crippen LogP contribution in [0.5, 0.6) is 5.75 Å². The molecule has 0 saturated heterocycles. The summed E-state index contributed by atoms with van der Waals surface area (Å²) in [6.07, 6.45) is 1.86. The highest BCUT2D eigenvalue weighted by Gasteiger charge is 2.16. The van der Waals surface area contributed by atoms with Crippen LogP contribution in [-0.2, 0) is 4.74 Å². The number of hydrogen-bond acceptors (Lipinski definition) is 5. The predicted molar refractivity (Wildman–Crippen MR) is 61.9 cm³/mol. The van der Waals surface area contributed by atoms with Gasteiger partial charge in [-0.3, -0.25) is 10.8 Å². The highest BCUT2D eigenvalue weighted by Crippen LogP contribution is 2.22. The van der Waals surface area contributed by atoms with Crippen molar-refractivity contribution in [2.24, 2.45) is 5.84 Å². The van der Waals surface area contributed by atoms with Gasteiger partial charge in [-0.2, -0.15) is 0 Å². The van der Waals surface area contributed by atoms with Crippen LogP contribution in [0.4, 0.5) is 0 Å². The molecule has 0 saturated carbocycles. The van der Waals surface area contributed by atoms with Gasteiger partial charge < -0.3 is 9.47 Å². The molecule has 1 atom stereocenters. The van der Waals surface area contributed by atoms with E-state index in [0.717, 1.165) is 5.69 Å². The van der Waals surface area contributed by atoms with E-state index in [4.69, 9.17) is 15.3 Å². The molecule has 1 aromatic rings. The number of nitrogens with one attached hydrogen (secondary N) is 1. The molecule has 0 amide bonds. The van der Waals surface area contributed by atoms with E-state index in [1.54, 1.807) is 13.3 Å². The molecule has 1 rings (SSSR count). The van der Waals surface area contributed by atoms with Crippen molar-refractivity contribution in [3.8, 4) is 5.75 Å². The fourth-order valence-electron chi connectivity index (χ4n) is 1.33. The van der Waals surface area contributed by atoms with Gasteiger partial charge in [0.25, 0.3) is 0 Å². The smallest absolute Gasteiger partial charge is 0.142 e. The molecule has 0 fully saturated rings. The van der Waals surface area contributed by atoms with Gasteiger partial charge in [0, 0.05) is 6.20 Å². The molecule has 0 spiro atoms. The summed E-state index contributed by atoms with van der Waals surface area (Å²) < 4.78 is 10.7. The Bertz CT molecular complexity index is 318. The molecule has 90 valence electrons. The first-order valence-corrected chi connectivity index (χ1v) is 5.25. The standard InChI is InChI=1S/C11H19N3O2/c1-8(2)16-7-9(14-12)11-10(15-3)5-4-6-13-11/h4-6,8-9,14H,7,12H2,1-3H3. The van der Waals surface area contributed by atoms with Crippen molar-refractivity contribution in [3.63, 3.8) is 0 Å². The Morgan fingerprint density at radius 3 is 2.81 bits per heavy atom. The molecule has 0 bridgehead atoms.